The van der Waals surface area contributed by atoms with Crippen LogP contribution in [0.4, 0.5) is 10.1 Å². The summed E-state index contributed by atoms with van der Waals surface area (Å²) in [5, 5.41) is -0.0575. The monoisotopic (exact) mass is 628 g/mol. The molecule has 3 aliphatic heterocycles. The number of aryl methyl sites for hydroxylation is 1. The third-order valence-electron chi connectivity index (χ3n) is 10.4. The van der Waals surface area contributed by atoms with E-state index in [2.05, 4.69) is 29.5 Å². The lowest BCUT2D eigenvalue weighted by Gasteiger charge is -2.47. The summed E-state index contributed by atoms with van der Waals surface area (Å²) in [6.45, 7) is 7.95. The smallest absolute Gasteiger partial charge is 0.292 e. The van der Waals surface area contributed by atoms with E-state index in [9.17, 15) is 13.7 Å². The van der Waals surface area contributed by atoms with Crippen LogP contribution in [0.5, 0.6) is 5.75 Å². The molecular formula is C34H42ClFN2O4S. The number of allylic oxidation sites excluding steroid dienone is 1. The van der Waals surface area contributed by atoms with Crippen molar-refractivity contribution in [1.82, 2.24) is 4.72 Å². The van der Waals surface area contributed by atoms with Gasteiger partial charge in [0.2, 0.25) is 0 Å². The summed E-state index contributed by atoms with van der Waals surface area (Å²) < 4.78 is 43.4. The summed E-state index contributed by atoms with van der Waals surface area (Å²) in [4.78, 5) is 15.7. The largest absolute Gasteiger partial charge is 0.593 e. The van der Waals surface area contributed by atoms with Gasteiger partial charge in [0.05, 0.1) is 34.8 Å². The molecule has 8 atom stereocenters. The number of hydrogen-bond acceptors (Lipinski definition) is 5. The van der Waals surface area contributed by atoms with Gasteiger partial charge >= 0.3 is 0 Å². The third-order valence-corrected chi connectivity index (χ3v) is 12.2. The lowest BCUT2D eigenvalue weighted by atomic mass is 9.64. The third kappa shape index (κ3) is 5.92. The van der Waals surface area contributed by atoms with Gasteiger partial charge in [-0.05, 0) is 97.4 Å². The van der Waals surface area contributed by atoms with Crippen molar-refractivity contribution in [3.8, 4) is 5.75 Å². The van der Waals surface area contributed by atoms with Gasteiger partial charge in [0, 0.05) is 37.6 Å². The van der Waals surface area contributed by atoms with E-state index < -0.39 is 17.2 Å². The zero-order valence-corrected chi connectivity index (χ0v) is 27.0. The predicted octanol–water partition coefficient (Wildman–Crippen LogP) is 6.83. The van der Waals surface area contributed by atoms with Crippen molar-refractivity contribution in [1.29, 1.82) is 0 Å². The molecule has 1 fully saturated rings. The van der Waals surface area contributed by atoms with Gasteiger partial charge < -0.3 is 18.9 Å². The number of carbonyl (C=O) groups excluding carboxylic acids is 1. The Balaban J connectivity index is 1.39. The van der Waals surface area contributed by atoms with Crippen LogP contribution in [-0.4, -0.2) is 48.6 Å². The first-order valence-corrected chi connectivity index (χ1v) is 17.2. The second-order valence-corrected chi connectivity index (χ2v) is 14.8. The van der Waals surface area contributed by atoms with Gasteiger partial charge in [0.25, 0.3) is 5.91 Å². The molecule has 6 nitrogen and oxygen atoms in total. The van der Waals surface area contributed by atoms with Crippen LogP contribution in [0.25, 0.3) is 0 Å². The molecular weight excluding hydrogens is 587 g/mol. The van der Waals surface area contributed by atoms with Crippen LogP contribution in [0.15, 0.2) is 42.0 Å². The summed E-state index contributed by atoms with van der Waals surface area (Å²) in [5.74, 6) is 1.11. The van der Waals surface area contributed by atoms with Crippen molar-refractivity contribution < 1.29 is 23.2 Å². The number of carbonyl (C=O) groups is 1. The zero-order valence-electron chi connectivity index (χ0n) is 25.4. The fourth-order valence-electron chi connectivity index (χ4n) is 7.42. The topological polar surface area (TPSA) is 73.9 Å². The van der Waals surface area contributed by atoms with Gasteiger partial charge in [-0.1, -0.05) is 37.9 Å². The van der Waals surface area contributed by atoms with E-state index in [0.29, 0.717) is 42.2 Å². The van der Waals surface area contributed by atoms with Crippen molar-refractivity contribution in [2.75, 3.05) is 31.7 Å². The number of methoxy groups -OCH3 is 1. The van der Waals surface area contributed by atoms with Crippen molar-refractivity contribution in [3.05, 3.63) is 69.5 Å². The molecule has 2 aromatic carbocycles. The normalized spacial score (nSPS) is 32.3. The second-order valence-electron chi connectivity index (χ2n) is 12.9. The molecule has 1 saturated carbocycles. The van der Waals surface area contributed by atoms with Gasteiger partial charge in [0.1, 0.15) is 16.8 Å². The highest BCUT2D eigenvalue weighted by Gasteiger charge is 2.44. The van der Waals surface area contributed by atoms with Crippen LogP contribution in [0.3, 0.4) is 0 Å². The predicted molar refractivity (Wildman–Crippen MR) is 170 cm³/mol. The zero-order chi connectivity index (χ0) is 30.4. The molecule has 3 heterocycles. The highest BCUT2D eigenvalue weighted by Crippen LogP contribution is 2.48. The van der Waals surface area contributed by atoms with E-state index in [-0.39, 0.29) is 34.1 Å². The maximum atomic E-state index is 14.8. The molecule has 0 saturated heterocycles. The molecule has 4 bridgehead atoms. The molecule has 1 N–H and O–H groups in total. The first-order chi connectivity index (χ1) is 20.7. The van der Waals surface area contributed by atoms with Crippen molar-refractivity contribution in [3.63, 3.8) is 0 Å². The SMILES string of the molecule is CCCc1cc(Cl)c(F)cc1C1COc2ccc3cc2N(C1)CC1CCC1C(OC)C1=CC(C1)C(C)C(C)[S+]([O-])NC3=O. The molecule has 0 aromatic heterocycles. The molecule has 43 heavy (non-hydrogen) atoms. The van der Waals surface area contributed by atoms with Gasteiger partial charge in [-0.15, -0.1) is 0 Å². The molecule has 0 spiro atoms. The van der Waals surface area contributed by atoms with Gasteiger partial charge in [0.15, 0.2) is 0 Å². The maximum Gasteiger partial charge on any atom is 0.292 e. The quantitative estimate of drug-likeness (QED) is 0.297. The van der Waals surface area contributed by atoms with Gasteiger partial charge in [-0.2, -0.15) is 4.72 Å². The molecule has 1 amide bonds. The standard InChI is InChI=1S/C34H42ClFN2O4S/c1-5-6-21-13-29(35)30(36)15-28(21)26-17-38-16-23-7-9-27(23)33(41-4)25-11-24(12-25)19(2)20(3)43(40)37-34(39)22-8-10-32(42-18-26)31(38)14-22/h8,10-11,13-15,19-20,23-24,26-27,33H,5-7,9,12,16-18H2,1-4H3,(H,37,39). The summed E-state index contributed by atoms with van der Waals surface area (Å²) in [6.07, 6.45) is 7.24. The number of nitrogens with zero attached hydrogens (tertiary/aromatic N) is 1. The Labute approximate surface area is 262 Å². The first-order valence-electron chi connectivity index (χ1n) is 15.6. The van der Waals surface area contributed by atoms with E-state index in [1.807, 2.05) is 26.2 Å². The van der Waals surface area contributed by atoms with Crippen LogP contribution in [-0.2, 0) is 22.5 Å². The van der Waals surface area contributed by atoms with Gasteiger partial charge in [-0.3, -0.25) is 4.79 Å². The molecule has 7 rings (SSSR count). The lowest BCUT2D eigenvalue weighted by Crippen LogP contribution is -2.47. The molecule has 0 radical (unpaired) electrons. The fraction of sp³-hybridized carbons (Fsp3) is 0.559. The van der Waals surface area contributed by atoms with E-state index in [0.717, 1.165) is 55.5 Å². The molecule has 2 aliphatic carbocycles. The van der Waals surface area contributed by atoms with Crippen LogP contribution in [0.1, 0.15) is 73.9 Å². The Morgan fingerprint density at radius 3 is 2.70 bits per heavy atom. The number of anilines is 1. The number of ether oxygens (including phenoxy) is 2. The average molecular weight is 629 g/mol. The molecule has 9 heteroatoms. The fourth-order valence-corrected chi connectivity index (χ4v) is 8.68. The summed E-state index contributed by atoms with van der Waals surface area (Å²) in [6, 6.07) is 8.78. The van der Waals surface area contributed by atoms with Crippen molar-refractivity contribution in [2.24, 2.45) is 23.7 Å². The van der Waals surface area contributed by atoms with Crippen LogP contribution >= 0.6 is 11.6 Å². The Morgan fingerprint density at radius 2 is 2.00 bits per heavy atom. The Hall–Kier alpha value is -2.26. The number of nitrogens with one attached hydrogen (secondary N) is 1. The number of rotatable bonds is 4. The van der Waals surface area contributed by atoms with Crippen LogP contribution < -0.4 is 14.4 Å². The molecule has 2 aromatic rings. The Bertz CT molecular complexity index is 1400. The molecule has 232 valence electrons. The molecule has 5 aliphatic rings. The van der Waals surface area contributed by atoms with E-state index >= 15 is 0 Å². The Morgan fingerprint density at radius 1 is 1.21 bits per heavy atom. The minimum atomic E-state index is -1.53. The van der Waals surface area contributed by atoms with E-state index in [1.54, 1.807) is 18.2 Å². The number of halogens is 2. The van der Waals surface area contributed by atoms with E-state index in [1.165, 1.54) is 5.57 Å². The number of hydrogen-bond donors (Lipinski definition) is 1. The van der Waals surface area contributed by atoms with Crippen LogP contribution in [0, 0.1) is 29.5 Å². The highest BCUT2D eigenvalue weighted by atomic mass is 35.5. The van der Waals surface area contributed by atoms with Crippen LogP contribution in [0.2, 0.25) is 5.02 Å². The minimum Gasteiger partial charge on any atom is -0.593 e. The number of benzene rings is 2. The van der Waals surface area contributed by atoms with Gasteiger partial charge in [-0.25, -0.2) is 4.39 Å². The summed E-state index contributed by atoms with van der Waals surface area (Å²) >= 11 is 4.68. The number of fused-ring (bicyclic) bond motifs is 4. The first kappa shape index (κ1) is 30.8. The molecule has 8 unspecified atom stereocenters. The van der Waals surface area contributed by atoms with E-state index in [4.69, 9.17) is 21.1 Å². The van der Waals surface area contributed by atoms with Crippen molar-refractivity contribution >= 4 is 34.6 Å². The highest BCUT2D eigenvalue weighted by molar-refractivity contribution is 7.90. The number of amides is 1. The summed E-state index contributed by atoms with van der Waals surface area (Å²) in [5.41, 5.74) is 4.58. The average Bonchev–Trinajstić information content (AvgIpc) is 3.13. The Kier molecular flexibility index (Phi) is 9.03. The minimum absolute atomic E-state index is 0.0713. The summed E-state index contributed by atoms with van der Waals surface area (Å²) in [7, 11) is 1.81. The lowest BCUT2D eigenvalue weighted by molar-refractivity contribution is -0.000247. The van der Waals surface area contributed by atoms with Crippen molar-refractivity contribution in [2.45, 2.75) is 70.1 Å². The maximum absolute atomic E-state index is 14.8. The second kappa shape index (κ2) is 12.6.